The molecular weight excluding hydrogens is 1960 g/mol. The first-order valence-corrected chi connectivity index (χ1v) is 62.2. The molecule has 0 radical (unpaired) electrons. The first-order valence-electron chi connectivity index (χ1n) is 57.7. The van der Waals surface area contributed by atoms with Crippen LogP contribution in [0.2, 0.25) is 0 Å². The van der Waals surface area contributed by atoms with Crippen molar-refractivity contribution >= 4 is 56.2 Å². The van der Waals surface area contributed by atoms with Crippen molar-refractivity contribution in [3.8, 4) is 12.3 Å². The van der Waals surface area contributed by atoms with Gasteiger partial charge in [0.2, 0.25) is 0 Å². The predicted molar refractivity (Wildman–Crippen MR) is 539 cm³/mol. The van der Waals surface area contributed by atoms with Crippen LogP contribution < -0.4 is 152 Å². The number of terminal acetylenes is 1. The molecule has 15 heterocycles. The van der Waals surface area contributed by atoms with Gasteiger partial charge in [0.05, 0.1) is 182 Å². The summed E-state index contributed by atoms with van der Waals surface area (Å²) in [7, 11) is -13.2. The molecule has 0 aromatic heterocycles. The molecule has 51 unspecified atom stereocenters. The molecule has 23 N–H and O–H groups in total. The Morgan fingerprint density at radius 3 is 0.521 bits per heavy atom. The van der Waals surface area contributed by atoms with Crippen LogP contribution in [-0.4, -0.2) is 228 Å². The predicted octanol–water partition coefficient (Wildman–Crippen LogP) is 2.46. The smallest absolute Gasteiger partial charge is 0.748 e. The van der Waals surface area contributed by atoms with E-state index in [1.54, 1.807) is 0 Å². The minimum Gasteiger partial charge on any atom is -0.748 e. The number of hydrogen-bond acceptors (Lipinski definition) is 32. The van der Waals surface area contributed by atoms with Gasteiger partial charge in [-0.15, -0.1) is 6.42 Å². The van der Waals surface area contributed by atoms with E-state index in [0.717, 1.165) is 44.1 Å². The molecule has 38 heteroatoms. The second kappa shape index (κ2) is 44.2. The van der Waals surface area contributed by atoms with E-state index in [1.165, 1.54) is 231 Å². The van der Waals surface area contributed by atoms with Crippen LogP contribution >= 0.6 is 0 Å². The number of benzene rings is 1. The Bertz CT molecular complexity index is 4410. The van der Waals surface area contributed by atoms with Gasteiger partial charge in [-0.25, -0.2) is 25.3 Å². The second-order valence-electron chi connectivity index (χ2n) is 50.0. The van der Waals surface area contributed by atoms with Crippen molar-refractivity contribution in [3.05, 3.63) is 41.2 Å². The molecule has 51 atom stereocenters. The Labute approximate surface area is 887 Å². The van der Waals surface area contributed by atoms with Crippen molar-refractivity contribution in [1.82, 2.24) is 122 Å². The topological polar surface area (TPSA) is 462 Å². The van der Waals surface area contributed by atoms with Gasteiger partial charge in [0, 0.05) is 23.3 Å². The van der Waals surface area contributed by atoms with Crippen LogP contribution in [0.15, 0.2) is 30.3 Å². The van der Waals surface area contributed by atoms with E-state index in [-0.39, 0.29) is 227 Å². The summed E-state index contributed by atoms with van der Waals surface area (Å²) in [6.45, 7) is 0. The quantitative estimate of drug-likeness (QED) is 0.117. The Hall–Kier alpha value is -0.580. The largest absolute Gasteiger partial charge is 3.00 e. The molecule has 1 aromatic rings. The van der Waals surface area contributed by atoms with Crippen molar-refractivity contribution in [2.45, 2.75) is 453 Å². The molecule has 33 nitrogen and oxygen atoms in total. The minimum absolute atomic E-state index is 0. The fourth-order valence-electron chi connectivity index (χ4n) is 37.4. The Kier molecular flexibility index (Phi) is 32.5. The molecule has 0 amide bonds. The van der Waals surface area contributed by atoms with Gasteiger partial charge in [-0.1, -0.05) is 184 Å². The maximum absolute atomic E-state index is 12.7. The molecule has 28 rings (SSSR count). The van der Waals surface area contributed by atoms with Crippen LogP contribution in [0, 0.1) is 154 Å². The molecular formula is C104H170InN24NaO9S3. The molecule has 782 valence electrons. The van der Waals surface area contributed by atoms with Crippen molar-refractivity contribution < 1.29 is 68.5 Å². The Morgan fingerprint density at radius 1 is 0.211 bits per heavy atom. The summed E-state index contributed by atoms with van der Waals surface area (Å²) in [5.74, 6) is 12.3. The maximum atomic E-state index is 12.7. The van der Waals surface area contributed by atoms with Gasteiger partial charge in [0.1, 0.15) is 0 Å². The zero-order valence-electron chi connectivity index (χ0n) is 84.2. The third-order valence-electron chi connectivity index (χ3n) is 43.4. The van der Waals surface area contributed by atoms with Crippen molar-refractivity contribution in [1.29, 1.82) is 0 Å². The minimum atomic E-state index is -4.41. The van der Waals surface area contributed by atoms with Crippen LogP contribution in [0.4, 0.5) is 0 Å². The first kappa shape index (κ1) is 104. The van der Waals surface area contributed by atoms with E-state index >= 15 is 0 Å². The SMILES string of the molecule is C#Cc1ccccc1.O=S(=O)([O-])C1CCCC2C3NC4NC(NC5NC(NC6NC(NC(N3)C21)C1CCCCC61)C1CCCCC51)C1CCCCC41.O=S(=O)([O-])C1CCCC2C3NC4NC(NC5NC(NC6NC(NC(N3)C21)C1CCCCC61)C1CCCCC51)C1CCCCC41.O=S(=O)([O-])C1CCCC2C3NC4NC(NC5[N-]C(NC6NC(NC(N3)C21)C1CCCCC61)C1CCCCC51)C1CCCCC41.[In+3].[Na+]. The molecule has 15 aliphatic heterocycles. The van der Waals surface area contributed by atoms with Gasteiger partial charge in [0.15, 0.2) is 0 Å². The zero-order valence-corrected chi connectivity index (χ0v) is 91.9. The van der Waals surface area contributed by atoms with Gasteiger partial charge in [-0.3, -0.25) is 112 Å². The summed E-state index contributed by atoms with van der Waals surface area (Å²) < 4.78 is 114. The fourth-order valence-corrected chi connectivity index (χ4v) is 41.0. The molecule has 0 spiro atoms. The molecule has 27 aliphatic rings. The Balaban J connectivity index is 0.000000113. The van der Waals surface area contributed by atoms with Gasteiger partial charge in [0.25, 0.3) is 0 Å². The van der Waals surface area contributed by atoms with Crippen molar-refractivity contribution in [2.75, 3.05) is 0 Å². The van der Waals surface area contributed by atoms with E-state index in [9.17, 15) is 38.9 Å². The number of nitrogens with zero attached hydrogens (tertiary/aromatic N) is 1. The van der Waals surface area contributed by atoms with E-state index in [2.05, 4.69) is 128 Å². The fraction of sp³-hybridized carbons (Fsp3) is 0.923. The first-order chi connectivity index (χ1) is 68.2. The third kappa shape index (κ3) is 20.6. The van der Waals surface area contributed by atoms with Crippen LogP contribution in [0.3, 0.4) is 0 Å². The van der Waals surface area contributed by atoms with Crippen LogP contribution in [0.1, 0.15) is 295 Å². The third-order valence-corrected chi connectivity index (χ3v) is 47.3. The molecule has 142 heavy (non-hydrogen) atoms. The molecule has 27 fully saturated rings. The van der Waals surface area contributed by atoms with Gasteiger partial charge >= 0.3 is 55.4 Å². The number of rotatable bonds is 3. The average Bonchev–Trinajstić information content (AvgIpc) is 1.59. The summed E-state index contributed by atoms with van der Waals surface area (Å²) in [6, 6.07) is 9.60. The van der Waals surface area contributed by atoms with E-state index in [1.807, 2.05) is 30.3 Å². The number of nitrogens with one attached hydrogen (secondary N) is 23. The van der Waals surface area contributed by atoms with Crippen LogP contribution in [0.25, 0.3) is 5.32 Å². The monoisotopic (exact) mass is 2130 g/mol. The Morgan fingerprint density at radius 2 is 0.359 bits per heavy atom. The molecule has 12 aliphatic carbocycles. The number of fused-ring (bicyclic) bond motifs is 60. The van der Waals surface area contributed by atoms with E-state index in [4.69, 9.17) is 11.7 Å². The van der Waals surface area contributed by atoms with Gasteiger partial charge in [-0.2, -0.15) is 0 Å². The molecule has 24 bridgehead atoms. The zero-order chi connectivity index (χ0) is 94.6. The number of hydrogen-bond donors (Lipinski definition) is 23. The summed E-state index contributed by atoms with van der Waals surface area (Å²) in [4.78, 5) is 0. The summed E-state index contributed by atoms with van der Waals surface area (Å²) in [5, 5.41) is 95.8. The summed E-state index contributed by atoms with van der Waals surface area (Å²) in [6.07, 6.45) is 60.0. The van der Waals surface area contributed by atoms with E-state index < -0.39 is 46.1 Å². The van der Waals surface area contributed by atoms with E-state index in [0.29, 0.717) is 138 Å². The normalized spacial score (nSPS) is 52.1. The van der Waals surface area contributed by atoms with Crippen LogP contribution in [-0.2, 0) is 30.4 Å². The second-order valence-corrected chi connectivity index (χ2v) is 54.8. The average molecular weight is 2130 g/mol. The van der Waals surface area contributed by atoms with Crippen molar-refractivity contribution in [2.24, 2.45) is 142 Å². The summed E-state index contributed by atoms with van der Waals surface area (Å²) in [5.41, 5.74) is 0.938. The molecule has 12 saturated carbocycles. The van der Waals surface area contributed by atoms with Gasteiger partial charge < -0.3 is 29.6 Å². The van der Waals surface area contributed by atoms with Crippen LogP contribution in [0.5, 0.6) is 0 Å². The van der Waals surface area contributed by atoms with Gasteiger partial charge in [-0.05, 0) is 278 Å². The van der Waals surface area contributed by atoms with Crippen molar-refractivity contribution in [3.63, 3.8) is 0 Å². The maximum Gasteiger partial charge on any atom is 3.00 e. The standard InChI is InChI=1S/2C32H56N8O3S.C32H55N8O3S.C8H6.In.Na/c3*41-44(42,43)23-15-7-14-22-24(23)32-39-30-21-13-6-5-12-20(21)28(37-30)35-26-17-9-2-1-8-16(17)25(33-26)34-27-18-10-3-4-11-19(18)29(36-27)38-31(22)40-32;1-2-8-6-4-3-5-7-8;;/h2*16-40H,1-15H2,(H,41,42,43);16-32,34-40H,1-15H2,(H,41,42,43);1,3-7H;;/q;;-1;;+3;+1/p-3. The summed E-state index contributed by atoms with van der Waals surface area (Å²) >= 11 is 0. The molecule has 15 saturated heterocycles. The molecule has 1 aromatic carbocycles.